The Morgan fingerprint density at radius 3 is 2.61 bits per heavy atom. The van der Waals surface area contributed by atoms with Gasteiger partial charge in [0.25, 0.3) is 0 Å². The molecule has 0 bridgehead atoms. The molecule has 2 fully saturated rings. The monoisotopic (exact) mass is 387 g/mol. The van der Waals surface area contributed by atoms with Crippen LogP contribution in [0.1, 0.15) is 31.2 Å². The number of hydrogen-bond donors (Lipinski definition) is 1. The number of carbonyl (C=O) groups is 2. The van der Waals surface area contributed by atoms with Crippen LogP contribution >= 0.6 is 0 Å². The van der Waals surface area contributed by atoms with Crippen molar-refractivity contribution >= 4 is 11.8 Å². The van der Waals surface area contributed by atoms with Crippen molar-refractivity contribution in [2.75, 3.05) is 52.9 Å². The van der Waals surface area contributed by atoms with Gasteiger partial charge in [-0.1, -0.05) is 0 Å². The lowest BCUT2D eigenvalue weighted by atomic mass is 9.97. The number of nitrogens with zero attached hydrogens (tertiary/aromatic N) is 4. The van der Waals surface area contributed by atoms with Crippen LogP contribution in [-0.2, 0) is 16.1 Å². The largest absolute Gasteiger partial charge is 0.356 e. The van der Waals surface area contributed by atoms with E-state index in [2.05, 4.69) is 27.1 Å². The van der Waals surface area contributed by atoms with Crippen LogP contribution in [0.3, 0.4) is 0 Å². The maximum atomic E-state index is 13.0. The minimum atomic E-state index is 0.00424. The summed E-state index contributed by atoms with van der Waals surface area (Å²) in [6.07, 6.45) is 6.71. The smallest absolute Gasteiger partial charge is 0.225 e. The van der Waals surface area contributed by atoms with Crippen molar-refractivity contribution in [1.82, 2.24) is 25.0 Å². The third kappa shape index (κ3) is 6.27. The van der Waals surface area contributed by atoms with Crippen molar-refractivity contribution in [1.29, 1.82) is 0 Å². The van der Waals surface area contributed by atoms with Crippen LogP contribution in [0, 0.1) is 5.92 Å². The molecule has 0 aliphatic carbocycles. The summed E-state index contributed by atoms with van der Waals surface area (Å²) in [4.78, 5) is 35.9. The number of pyridine rings is 1. The van der Waals surface area contributed by atoms with E-state index >= 15 is 0 Å². The zero-order chi connectivity index (χ0) is 19.8. The summed E-state index contributed by atoms with van der Waals surface area (Å²) in [6, 6.07) is 4.04. The third-order valence-corrected chi connectivity index (χ3v) is 5.82. The van der Waals surface area contributed by atoms with Gasteiger partial charge in [-0.05, 0) is 50.6 Å². The molecule has 3 rings (SSSR count). The maximum absolute atomic E-state index is 13.0. The molecule has 0 radical (unpaired) electrons. The lowest BCUT2D eigenvalue weighted by Gasteiger charge is -2.34. The number of amides is 2. The number of likely N-dealkylation sites (N-methyl/N-ethyl adjacent to an activating group) is 1. The van der Waals surface area contributed by atoms with Gasteiger partial charge in [-0.2, -0.15) is 0 Å². The molecule has 1 unspecified atom stereocenters. The van der Waals surface area contributed by atoms with Crippen LogP contribution < -0.4 is 5.32 Å². The number of aromatic nitrogens is 1. The van der Waals surface area contributed by atoms with E-state index < -0.39 is 0 Å². The van der Waals surface area contributed by atoms with E-state index in [0.717, 1.165) is 65.1 Å². The first-order valence-electron chi connectivity index (χ1n) is 10.5. The molecule has 154 valence electrons. The Labute approximate surface area is 168 Å². The van der Waals surface area contributed by atoms with E-state index in [9.17, 15) is 9.59 Å². The molecule has 7 nitrogen and oxygen atoms in total. The molecular formula is C21H33N5O2. The fraction of sp³-hybridized carbons (Fsp3) is 0.667. The molecule has 2 saturated heterocycles. The SMILES string of the molecule is CN1CCN(C(=O)C2CCCN(Cc3ccncc3)CCC(=O)NCC2)CC1. The normalized spacial score (nSPS) is 23.7. The van der Waals surface area contributed by atoms with Crippen LogP contribution in [0.4, 0.5) is 0 Å². The third-order valence-electron chi connectivity index (χ3n) is 5.82. The van der Waals surface area contributed by atoms with Crippen LogP contribution in [-0.4, -0.2) is 84.4 Å². The van der Waals surface area contributed by atoms with Gasteiger partial charge in [0.2, 0.25) is 11.8 Å². The van der Waals surface area contributed by atoms with Crippen molar-refractivity contribution in [3.8, 4) is 0 Å². The number of hydrogen-bond acceptors (Lipinski definition) is 5. The van der Waals surface area contributed by atoms with Gasteiger partial charge in [0.1, 0.15) is 0 Å². The predicted octanol–water partition coefficient (Wildman–Crippen LogP) is 0.964. The van der Waals surface area contributed by atoms with Crippen LogP contribution in [0.5, 0.6) is 0 Å². The quantitative estimate of drug-likeness (QED) is 0.837. The summed E-state index contributed by atoms with van der Waals surface area (Å²) < 4.78 is 0. The second-order valence-corrected chi connectivity index (χ2v) is 7.99. The highest BCUT2D eigenvalue weighted by atomic mass is 16.2. The average molecular weight is 388 g/mol. The molecule has 1 aromatic heterocycles. The van der Waals surface area contributed by atoms with Crippen molar-refractivity contribution in [2.45, 2.75) is 32.2 Å². The number of nitrogens with one attached hydrogen (secondary N) is 1. The summed E-state index contributed by atoms with van der Waals surface area (Å²) >= 11 is 0. The second-order valence-electron chi connectivity index (χ2n) is 7.99. The van der Waals surface area contributed by atoms with Gasteiger partial charge >= 0.3 is 0 Å². The summed E-state index contributed by atoms with van der Waals surface area (Å²) in [7, 11) is 2.10. The Balaban J connectivity index is 1.59. The average Bonchev–Trinajstić information content (AvgIpc) is 2.75. The van der Waals surface area contributed by atoms with E-state index in [1.807, 2.05) is 17.0 Å². The van der Waals surface area contributed by atoms with Gasteiger partial charge in [-0.25, -0.2) is 0 Å². The van der Waals surface area contributed by atoms with Gasteiger partial charge < -0.3 is 15.1 Å². The fourth-order valence-electron chi connectivity index (χ4n) is 3.99. The van der Waals surface area contributed by atoms with Crippen LogP contribution in [0.2, 0.25) is 0 Å². The number of piperazine rings is 1. The molecule has 3 heterocycles. The molecule has 0 saturated carbocycles. The first kappa shape index (κ1) is 20.7. The van der Waals surface area contributed by atoms with Crippen LogP contribution in [0.15, 0.2) is 24.5 Å². The molecule has 2 amide bonds. The summed E-state index contributed by atoms with van der Waals surface area (Å²) in [5.41, 5.74) is 1.20. The molecule has 1 atom stereocenters. The lowest BCUT2D eigenvalue weighted by molar-refractivity contribution is -0.137. The fourth-order valence-corrected chi connectivity index (χ4v) is 3.99. The molecule has 1 N–H and O–H groups in total. The minimum absolute atomic E-state index is 0.00424. The molecular weight excluding hydrogens is 354 g/mol. The Bertz CT molecular complexity index is 631. The summed E-state index contributed by atoms with van der Waals surface area (Å²) in [6.45, 7) is 6.55. The van der Waals surface area contributed by atoms with Gasteiger partial charge in [0.05, 0.1) is 0 Å². The molecule has 2 aliphatic heterocycles. The summed E-state index contributed by atoms with van der Waals surface area (Å²) in [5, 5.41) is 3.00. The van der Waals surface area contributed by atoms with E-state index in [-0.39, 0.29) is 17.7 Å². The van der Waals surface area contributed by atoms with Gasteiger partial charge in [-0.15, -0.1) is 0 Å². The van der Waals surface area contributed by atoms with Crippen LogP contribution in [0.25, 0.3) is 0 Å². The Hall–Kier alpha value is -1.99. The second kappa shape index (κ2) is 10.5. The van der Waals surface area contributed by atoms with Crippen molar-refractivity contribution < 1.29 is 9.59 Å². The number of rotatable bonds is 3. The van der Waals surface area contributed by atoms with Crippen molar-refractivity contribution in [3.63, 3.8) is 0 Å². The highest BCUT2D eigenvalue weighted by molar-refractivity contribution is 5.79. The lowest BCUT2D eigenvalue weighted by Crippen LogP contribution is -2.49. The standard InChI is InChI=1S/C21H33N5O2/c1-24-13-15-26(16-14-24)21(28)19-3-2-11-25(12-7-20(27)23-10-6-19)17-18-4-8-22-9-5-18/h4-5,8-9,19H,2-3,6-7,10-17H2,1H3,(H,23,27). The molecule has 7 heteroatoms. The van der Waals surface area contributed by atoms with Crippen molar-refractivity contribution in [3.05, 3.63) is 30.1 Å². The van der Waals surface area contributed by atoms with E-state index in [0.29, 0.717) is 13.0 Å². The van der Waals surface area contributed by atoms with Gasteiger partial charge in [-0.3, -0.25) is 19.5 Å². The Kier molecular flexibility index (Phi) is 7.80. The topological polar surface area (TPSA) is 68.8 Å². The molecule has 2 aliphatic rings. The molecule has 28 heavy (non-hydrogen) atoms. The van der Waals surface area contributed by atoms with Gasteiger partial charge in [0.15, 0.2) is 0 Å². The maximum Gasteiger partial charge on any atom is 0.225 e. The summed E-state index contributed by atoms with van der Waals surface area (Å²) in [5.74, 6) is 0.347. The zero-order valence-electron chi connectivity index (χ0n) is 17.0. The Morgan fingerprint density at radius 2 is 1.86 bits per heavy atom. The highest BCUT2D eigenvalue weighted by Gasteiger charge is 2.27. The molecule has 1 aromatic rings. The molecule has 0 spiro atoms. The predicted molar refractivity (Wildman–Crippen MR) is 109 cm³/mol. The van der Waals surface area contributed by atoms with Gasteiger partial charge in [0, 0.05) is 70.5 Å². The Morgan fingerprint density at radius 1 is 1.11 bits per heavy atom. The highest BCUT2D eigenvalue weighted by Crippen LogP contribution is 2.18. The van der Waals surface area contributed by atoms with E-state index in [1.54, 1.807) is 12.4 Å². The minimum Gasteiger partial charge on any atom is -0.356 e. The first-order chi connectivity index (χ1) is 13.6. The first-order valence-corrected chi connectivity index (χ1v) is 10.5. The number of carbonyl (C=O) groups excluding carboxylic acids is 2. The van der Waals surface area contributed by atoms with E-state index in [4.69, 9.17) is 0 Å². The van der Waals surface area contributed by atoms with E-state index in [1.165, 1.54) is 5.56 Å². The van der Waals surface area contributed by atoms with Crippen molar-refractivity contribution in [2.24, 2.45) is 5.92 Å². The zero-order valence-corrected chi connectivity index (χ0v) is 17.0. The molecule has 0 aromatic carbocycles.